The van der Waals surface area contributed by atoms with Crippen molar-refractivity contribution in [2.24, 2.45) is 0 Å². The standard InChI is InChI=1S/C12H21N3OS/c1-8(2)14-12(16)10(4)15(5)6-11-9(3)13-7-17-11/h7-8,10H,6H2,1-5H3,(H,14,16)/t10-/m0/s1. The van der Waals surface area contributed by atoms with Gasteiger partial charge in [-0.3, -0.25) is 9.69 Å². The monoisotopic (exact) mass is 255 g/mol. The van der Waals surface area contributed by atoms with Crippen LogP contribution in [0, 0.1) is 6.92 Å². The maximum Gasteiger partial charge on any atom is 0.237 e. The van der Waals surface area contributed by atoms with E-state index in [1.165, 1.54) is 4.88 Å². The van der Waals surface area contributed by atoms with Crippen molar-refractivity contribution in [3.8, 4) is 0 Å². The highest BCUT2D eigenvalue weighted by Gasteiger charge is 2.19. The Morgan fingerprint density at radius 3 is 2.65 bits per heavy atom. The van der Waals surface area contributed by atoms with Crippen LogP contribution in [-0.4, -0.2) is 34.9 Å². The first kappa shape index (κ1) is 14.1. The average molecular weight is 255 g/mol. The number of likely N-dealkylation sites (N-methyl/N-ethyl adjacent to an activating group) is 1. The van der Waals surface area contributed by atoms with Gasteiger partial charge in [0.25, 0.3) is 0 Å². The van der Waals surface area contributed by atoms with Gasteiger partial charge in [0, 0.05) is 17.5 Å². The second-order valence-electron chi connectivity index (χ2n) is 4.62. The van der Waals surface area contributed by atoms with Crippen molar-refractivity contribution in [1.82, 2.24) is 15.2 Å². The van der Waals surface area contributed by atoms with Crippen LogP contribution in [0.4, 0.5) is 0 Å². The summed E-state index contributed by atoms with van der Waals surface area (Å²) in [4.78, 5) is 19.3. The predicted molar refractivity (Wildman–Crippen MR) is 71.1 cm³/mol. The fraction of sp³-hybridized carbons (Fsp3) is 0.667. The topological polar surface area (TPSA) is 45.2 Å². The van der Waals surface area contributed by atoms with Gasteiger partial charge in [-0.25, -0.2) is 4.98 Å². The molecule has 0 aromatic carbocycles. The molecule has 1 aromatic heterocycles. The molecule has 0 spiro atoms. The first-order chi connectivity index (χ1) is 7.91. The Bertz CT molecular complexity index is 376. The van der Waals surface area contributed by atoms with Crippen molar-refractivity contribution in [3.05, 3.63) is 16.1 Å². The third kappa shape index (κ3) is 4.09. The summed E-state index contributed by atoms with van der Waals surface area (Å²) < 4.78 is 0. The van der Waals surface area contributed by atoms with Crippen LogP contribution >= 0.6 is 11.3 Å². The molecule has 0 radical (unpaired) electrons. The quantitative estimate of drug-likeness (QED) is 0.872. The molecule has 0 bridgehead atoms. The summed E-state index contributed by atoms with van der Waals surface area (Å²) in [6.07, 6.45) is 0. The van der Waals surface area contributed by atoms with Gasteiger partial charge in [0.05, 0.1) is 17.2 Å². The Morgan fingerprint density at radius 2 is 2.18 bits per heavy atom. The molecule has 1 heterocycles. The largest absolute Gasteiger partial charge is 0.353 e. The predicted octanol–water partition coefficient (Wildman–Crippen LogP) is 1.80. The number of nitrogens with one attached hydrogen (secondary N) is 1. The van der Waals surface area contributed by atoms with Crippen LogP contribution in [0.1, 0.15) is 31.3 Å². The van der Waals surface area contributed by atoms with Gasteiger partial charge in [0.2, 0.25) is 5.91 Å². The highest BCUT2D eigenvalue weighted by Crippen LogP contribution is 2.15. The molecule has 0 aliphatic rings. The van der Waals surface area contributed by atoms with Crippen molar-refractivity contribution >= 4 is 17.2 Å². The molecular formula is C12H21N3OS. The molecule has 1 rings (SSSR count). The van der Waals surface area contributed by atoms with Crippen LogP contribution in [0.5, 0.6) is 0 Å². The number of hydrogen-bond donors (Lipinski definition) is 1. The Morgan fingerprint density at radius 1 is 1.53 bits per heavy atom. The zero-order chi connectivity index (χ0) is 13.0. The minimum atomic E-state index is -0.126. The van der Waals surface area contributed by atoms with E-state index in [1.807, 2.05) is 45.2 Å². The lowest BCUT2D eigenvalue weighted by atomic mass is 10.2. The lowest BCUT2D eigenvalue weighted by molar-refractivity contribution is -0.126. The second-order valence-corrected chi connectivity index (χ2v) is 5.55. The number of amides is 1. The summed E-state index contributed by atoms with van der Waals surface area (Å²) >= 11 is 1.64. The molecule has 5 heteroatoms. The number of rotatable bonds is 5. The van der Waals surface area contributed by atoms with E-state index in [-0.39, 0.29) is 18.0 Å². The lowest BCUT2D eigenvalue weighted by Gasteiger charge is -2.24. The maximum atomic E-state index is 11.8. The van der Waals surface area contributed by atoms with Crippen LogP contribution in [0.15, 0.2) is 5.51 Å². The van der Waals surface area contributed by atoms with Crippen LogP contribution < -0.4 is 5.32 Å². The number of hydrogen-bond acceptors (Lipinski definition) is 4. The van der Waals surface area contributed by atoms with Gasteiger partial charge in [-0.2, -0.15) is 0 Å². The normalized spacial score (nSPS) is 13.1. The van der Waals surface area contributed by atoms with Crippen LogP contribution in [-0.2, 0) is 11.3 Å². The minimum Gasteiger partial charge on any atom is -0.353 e. The third-order valence-corrected chi connectivity index (χ3v) is 3.63. The summed E-state index contributed by atoms with van der Waals surface area (Å²) in [5.74, 6) is 0.0738. The van der Waals surface area contributed by atoms with Gasteiger partial charge >= 0.3 is 0 Å². The molecule has 0 fully saturated rings. The molecule has 1 aromatic rings. The van der Waals surface area contributed by atoms with Gasteiger partial charge in [-0.1, -0.05) is 0 Å². The average Bonchev–Trinajstić information content (AvgIpc) is 2.62. The van der Waals surface area contributed by atoms with E-state index in [9.17, 15) is 4.79 Å². The summed E-state index contributed by atoms with van der Waals surface area (Å²) in [5.41, 5.74) is 2.90. The fourth-order valence-corrected chi connectivity index (χ4v) is 2.29. The van der Waals surface area contributed by atoms with Gasteiger partial charge < -0.3 is 5.32 Å². The highest BCUT2D eigenvalue weighted by molar-refractivity contribution is 7.09. The van der Waals surface area contributed by atoms with E-state index in [4.69, 9.17) is 0 Å². The van der Waals surface area contributed by atoms with E-state index in [1.54, 1.807) is 11.3 Å². The smallest absolute Gasteiger partial charge is 0.237 e. The Balaban J connectivity index is 2.55. The van der Waals surface area contributed by atoms with Crippen LogP contribution in [0.2, 0.25) is 0 Å². The first-order valence-corrected chi connectivity index (χ1v) is 6.69. The van der Waals surface area contributed by atoms with Crippen LogP contribution in [0.3, 0.4) is 0 Å². The van der Waals surface area contributed by atoms with E-state index in [0.29, 0.717) is 0 Å². The molecule has 0 saturated carbocycles. The molecule has 0 unspecified atom stereocenters. The molecule has 0 saturated heterocycles. The molecule has 96 valence electrons. The number of aromatic nitrogens is 1. The first-order valence-electron chi connectivity index (χ1n) is 5.81. The number of nitrogens with zero attached hydrogens (tertiary/aromatic N) is 2. The van der Waals surface area contributed by atoms with Crippen LogP contribution in [0.25, 0.3) is 0 Å². The maximum absolute atomic E-state index is 11.8. The van der Waals surface area contributed by atoms with Crippen molar-refractivity contribution in [2.45, 2.75) is 46.3 Å². The van der Waals surface area contributed by atoms with Gasteiger partial charge in [0.1, 0.15) is 0 Å². The fourth-order valence-electron chi connectivity index (χ4n) is 1.45. The molecular weight excluding hydrogens is 234 g/mol. The highest BCUT2D eigenvalue weighted by atomic mass is 32.1. The summed E-state index contributed by atoms with van der Waals surface area (Å²) in [7, 11) is 1.96. The molecule has 1 amide bonds. The summed E-state index contributed by atoms with van der Waals surface area (Å²) in [5, 5.41) is 2.92. The van der Waals surface area contributed by atoms with E-state index < -0.39 is 0 Å². The summed E-state index contributed by atoms with van der Waals surface area (Å²) in [6, 6.07) is 0.0578. The molecule has 1 atom stereocenters. The zero-order valence-corrected chi connectivity index (χ0v) is 12.0. The van der Waals surface area contributed by atoms with Gasteiger partial charge in [-0.15, -0.1) is 11.3 Å². The van der Waals surface area contributed by atoms with Crippen molar-refractivity contribution < 1.29 is 4.79 Å². The minimum absolute atomic E-state index is 0.0738. The van der Waals surface area contributed by atoms with E-state index in [2.05, 4.69) is 10.3 Å². The Kier molecular flexibility index (Phi) is 5.08. The van der Waals surface area contributed by atoms with E-state index in [0.717, 1.165) is 12.2 Å². The molecule has 4 nitrogen and oxygen atoms in total. The molecule has 0 aliphatic carbocycles. The summed E-state index contributed by atoms with van der Waals surface area (Å²) in [6.45, 7) is 8.63. The number of aryl methyl sites for hydroxylation is 1. The van der Waals surface area contributed by atoms with Crippen molar-refractivity contribution in [2.75, 3.05) is 7.05 Å². The van der Waals surface area contributed by atoms with E-state index >= 15 is 0 Å². The number of carbonyl (C=O) groups is 1. The van der Waals surface area contributed by atoms with Crippen molar-refractivity contribution in [1.29, 1.82) is 0 Å². The molecule has 1 N–H and O–H groups in total. The lowest BCUT2D eigenvalue weighted by Crippen LogP contribution is -2.45. The SMILES string of the molecule is Cc1ncsc1CN(C)[C@@H](C)C(=O)NC(C)C. The Labute approximate surface area is 107 Å². The van der Waals surface area contributed by atoms with Crippen molar-refractivity contribution in [3.63, 3.8) is 0 Å². The Hall–Kier alpha value is -0.940. The second kappa shape index (κ2) is 6.12. The number of thiazole rings is 1. The molecule has 0 aliphatic heterocycles. The van der Waals surface area contributed by atoms with Gasteiger partial charge in [-0.05, 0) is 34.7 Å². The number of carbonyl (C=O) groups excluding carboxylic acids is 1. The van der Waals surface area contributed by atoms with Gasteiger partial charge in [0.15, 0.2) is 0 Å². The zero-order valence-electron chi connectivity index (χ0n) is 11.2. The third-order valence-electron chi connectivity index (χ3n) is 2.71. The molecule has 17 heavy (non-hydrogen) atoms.